The summed E-state index contributed by atoms with van der Waals surface area (Å²) in [6, 6.07) is 5.35. The number of ether oxygens (including phenoxy) is 1. The van der Waals surface area contributed by atoms with Gasteiger partial charge in [0, 0.05) is 62.3 Å². The molecule has 4 rings (SSSR count). The second-order valence-corrected chi connectivity index (χ2v) is 11.7. The highest BCUT2D eigenvalue weighted by Gasteiger charge is 2.57. The Balaban J connectivity index is 1.32. The number of alkyl halides is 2. The van der Waals surface area contributed by atoms with E-state index in [0.717, 1.165) is 5.69 Å². The minimum Gasteiger partial charge on any atom is -0.490 e. The molecule has 1 unspecified atom stereocenters. The summed E-state index contributed by atoms with van der Waals surface area (Å²) in [4.78, 5) is 26.7. The van der Waals surface area contributed by atoms with E-state index in [1.807, 2.05) is 20.8 Å². The SMILES string of the molecule is Cn1nc(C(C)(C)C)cc1NC(=O)Nc1cc(F)cc(OC2CCN(C(=O)C3CC3(Cl)Cl)CC2)c1. The molecule has 1 aromatic carbocycles. The van der Waals surface area contributed by atoms with Crippen LogP contribution in [0, 0.1) is 11.7 Å². The zero-order valence-corrected chi connectivity index (χ0v) is 21.7. The maximum atomic E-state index is 14.3. The predicted octanol–water partition coefficient (Wildman–Crippen LogP) is 5.06. The second kappa shape index (κ2) is 9.50. The number of carbonyl (C=O) groups excluding carboxylic acids is 2. The van der Waals surface area contributed by atoms with Gasteiger partial charge in [0.05, 0.1) is 11.6 Å². The first-order valence-corrected chi connectivity index (χ1v) is 12.3. The number of nitrogens with zero attached hydrogens (tertiary/aromatic N) is 3. The largest absolute Gasteiger partial charge is 0.490 e. The Hall–Kier alpha value is -2.52. The fourth-order valence-corrected chi connectivity index (χ4v) is 4.52. The molecule has 0 radical (unpaired) electrons. The first-order valence-electron chi connectivity index (χ1n) is 11.6. The number of aryl methyl sites for hydroxylation is 1. The van der Waals surface area contributed by atoms with Gasteiger partial charge in [-0.15, -0.1) is 23.2 Å². The average molecular weight is 526 g/mol. The van der Waals surface area contributed by atoms with E-state index in [2.05, 4.69) is 15.7 Å². The molecule has 2 aromatic rings. The van der Waals surface area contributed by atoms with Crippen LogP contribution in [0.4, 0.5) is 20.7 Å². The van der Waals surface area contributed by atoms with Gasteiger partial charge in [-0.05, 0) is 12.5 Å². The monoisotopic (exact) mass is 525 g/mol. The molecular weight excluding hydrogens is 496 g/mol. The van der Waals surface area contributed by atoms with Crippen LogP contribution in [0.3, 0.4) is 0 Å². The van der Waals surface area contributed by atoms with Crippen molar-refractivity contribution in [1.29, 1.82) is 0 Å². The van der Waals surface area contributed by atoms with E-state index in [4.69, 9.17) is 27.9 Å². The highest BCUT2D eigenvalue weighted by molar-refractivity contribution is 6.52. The molecule has 11 heteroatoms. The van der Waals surface area contributed by atoms with Crippen LogP contribution < -0.4 is 15.4 Å². The highest BCUT2D eigenvalue weighted by Crippen LogP contribution is 2.54. The third-order valence-corrected chi connectivity index (χ3v) is 7.03. The summed E-state index contributed by atoms with van der Waals surface area (Å²) in [6.45, 7) is 7.15. The van der Waals surface area contributed by atoms with Crippen LogP contribution in [-0.2, 0) is 17.3 Å². The summed E-state index contributed by atoms with van der Waals surface area (Å²) in [5.41, 5.74) is 0.937. The van der Waals surface area contributed by atoms with Gasteiger partial charge >= 0.3 is 6.03 Å². The van der Waals surface area contributed by atoms with E-state index in [0.29, 0.717) is 43.9 Å². The number of aromatic nitrogens is 2. The molecule has 2 aliphatic rings. The zero-order chi connectivity index (χ0) is 25.5. The summed E-state index contributed by atoms with van der Waals surface area (Å²) < 4.78 is 20.9. The molecule has 1 aliphatic heterocycles. The van der Waals surface area contributed by atoms with Gasteiger partial charge in [-0.3, -0.25) is 14.8 Å². The number of anilines is 2. The lowest BCUT2D eigenvalue weighted by molar-refractivity contribution is -0.134. The van der Waals surface area contributed by atoms with E-state index in [1.54, 1.807) is 28.8 Å². The molecule has 8 nitrogen and oxygen atoms in total. The van der Waals surface area contributed by atoms with Crippen LogP contribution in [0.5, 0.6) is 5.75 Å². The van der Waals surface area contributed by atoms with Gasteiger partial charge < -0.3 is 15.0 Å². The lowest BCUT2D eigenvalue weighted by atomic mass is 9.92. The van der Waals surface area contributed by atoms with Crippen LogP contribution >= 0.6 is 23.2 Å². The number of carbonyl (C=O) groups is 2. The number of halogens is 3. The van der Waals surface area contributed by atoms with Crippen molar-refractivity contribution >= 4 is 46.6 Å². The topological polar surface area (TPSA) is 88.5 Å². The van der Waals surface area contributed by atoms with E-state index >= 15 is 0 Å². The third-order valence-electron chi connectivity index (χ3n) is 6.20. The maximum absolute atomic E-state index is 14.3. The van der Waals surface area contributed by atoms with Crippen molar-refractivity contribution in [3.05, 3.63) is 35.8 Å². The molecule has 2 N–H and O–H groups in total. The highest BCUT2D eigenvalue weighted by atomic mass is 35.5. The smallest absolute Gasteiger partial charge is 0.324 e. The summed E-state index contributed by atoms with van der Waals surface area (Å²) in [5, 5.41) is 9.81. The van der Waals surface area contributed by atoms with E-state index in [1.165, 1.54) is 12.1 Å². The maximum Gasteiger partial charge on any atom is 0.324 e. The van der Waals surface area contributed by atoms with E-state index in [-0.39, 0.29) is 29.0 Å². The Morgan fingerprint density at radius 2 is 1.80 bits per heavy atom. The molecule has 1 aromatic heterocycles. The van der Waals surface area contributed by atoms with Crippen molar-refractivity contribution in [1.82, 2.24) is 14.7 Å². The standard InChI is InChI=1S/C24H30Cl2FN5O3/c1-23(2,3)19-12-20(31(4)30-19)29-22(34)28-15-9-14(27)10-17(11-15)35-16-5-7-32(8-6-16)21(33)18-13-24(18,25)26/h9-12,16,18H,5-8,13H2,1-4H3,(H2,28,29,34). The number of rotatable bonds is 5. The molecule has 1 atom stereocenters. The van der Waals surface area contributed by atoms with Crippen LogP contribution in [0.1, 0.15) is 45.7 Å². The van der Waals surface area contributed by atoms with Crippen molar-refractivity contribution in [3.63, 3.8) is 0 Å². The van der Waals surface area contributed by atoms with Gasteiger partial charge in [0.1, 0.15) is 27.8 Å². The number of amides is 3. The van der Waals surface area contributed by atoms with Crippen molar-refractivity contribution in [2.45, 2.75) is 55.9 Å². The minimum absolute atomic E-state index is 0.0280. The fourth-order valence-electron chi connectivity index (χ4n) is 4.02. The van der Waals surface area contributed by atoms with Gasteiger partial charge in [0.25, 0.3) is 0 Å². The van der Waals surface area contributed by atoms with Crippen molar-refractivity contribution in [2.75, 3.05) is 23.7 Å². The molecule has 35 heavy (non-hydrogen) atoms. The van der Waals surface area contributed by atoms with Crippen LogP contribution in [0.15, 0.2) is 24.3 Å². The van der Waals surface area contributed by atoms with Crippen LogP contribution in [0.25, 0.3) is 0 Å². The Bertz CT molecular complexity index is 1120. The summed E-state index contributed by atoms with van der Waals surface area (Å²) in [7, 11) is 1.74. The molecule has 2 heterocycles. The predicted molar refractivity (Wildman–Crippen MR) is 134 cm³/mol. The number of hydrogen-bond acceptors (Lipinski definition) is 4. The molecule has 0 bridgehead atoms. The summed E-state index contributed by atoms with van der Waals surface area (Å²) in [5.74, 6) is -0.0653. The average Bonchev–Trinajstić information content (AvgIpc) is 3.22. The Morgan fingerprint density at radius 1 is 1.14 bits per heavy atom. The first-order chi connectivity index (χ1) is 16.3. The molecule has 2 fully saturated rings. The summed E-state index contributed by atoms with van der Waals surface area (Å²) >= 11 is 12.0. The van der Waals surface area contributed by atoms with Crippen molar-refractivity contribution in [3.8, 4) is 5.75 Å². The van der Waals surface area contributed by atoms with Crippen molar-refractivity contribution < 1.29 is 18.7 Å². The molecule has 0 spiro atoms. The minimum atomic E-state index is -0.937. The van der Waals surface area contributed by atoms with Crippen molar-refractivity contribution in [2.24, 2.45) is 13.0 Å². The molecule has 1 aliphatic carbocycles. The normalized spacial score (nSPS) is 19.9. The number of benzene rings is 1. The second-order valence-electron chi connectivity index (χ2n) is 10.2. The first kappa shape index (κ1) is 25.6. The van der Waals surface area contributed by atoms with Gasteiger partial charge in [-0.25, -0.2) is 9.18 Å². The van der Waals surface area contributed by atoms with Gasteiger partial charge in [-0.2, -0.15) is 5.10 Å². The van der Waals surface area contributed by atoms with E-state index < -0.39 is 16.2 Å². The fraction of sp³-hybridized carbons (Fsp3) is 0.542. The third kappa shape index (κ3) is 6.19. The summed E-state index contributed by atoms with van der Waals surface area (Å²) in [6.07, 6.45) is 1.51. The molecule has 190 valence electrons. The molecule has 1 saturated carbocycles. The Kier molecular flexibility index (Phi) is 6.94. The van der Waals surface area contributed by atoms with Gasteiger partial charge in [-0.1, -0.05) is 20.8 Å². The number of nitrogens with one attached hydrogen (secondary N) is 2. The zero-order valence-electron chi connectivity index (χ0n) is 20.2. The number of likely N-dealkylation sites (tertiary alicyclic amines) is 1. The van der Waals surface area contributed by atoms with Gasteiger partial charge in [0.15, 0.2) is 0 Å². The Morgan fingerprint density at radius 3 is 2.37 bits per heavy atom. The van der Waals surface area contributed by atoms with E-state index in [9.17, 15) is 14.0 Å². The molecular formula is C24H30Cl2FN5O3. The van der Waals surface area contributed by atoms with Gasteiger partial charge in [0.2, 0.25) is 5.91 Å². The van der Waals surface area contributed by atoms with Crippen LogP contribution in [-0.4, -0.2) is 50.1 Å². The van der Waals surface area contributed by atoms with Crippen LogP contribution in [0.2, 0.25) is 0 Å². The lowest BCUT2D eigenvalue weighted by Gasteiger charge is -2.32. The molecule has 3 amide bonds. The number of piperidine rings is 1. The number of urea groups is 1. The Labute approximate surface area is 214 Å². The quantitative estimate of drug-likeness (QED) is 0.533. The number of hydrogen-bond donors (Lipinski definition) is 2. The molecule has 1 saturated heterocycles. The lowest BCUT2D eigenvalue weighted by Crippen LogP contribution is -2.43.